The summed E-state index contributed by atoms with van der Waals surface area (Å²) in [7, 11) is 0. The molecular formula is C24H20BrN3O3. The summed E-state index contributed by atoms with van der Waals surface area (Å²) < 4.78 is 3.03. The topological polar surface area (TPSA) is 71.4 Å². The number of aryl methyl sites for hydroxylation is 2. The average Bonchev–Trinajstić information content (AvgIpc) is 3.00. The van der Waals surface area contributed by atoms with Gasteiger partial charge in [-0.05, 0) is 74.9 Å². The number of nitrogens with zero attached hydrogens (tertiary/aromatic N) is 2. The van der Waals surface area contributed by atoms with Crippen molar-refractivity contribution in [3.05, 3.63) is 87.2 Å². The number of barbiturate groups is 1. The quantitative estimate of drug-likeness (QED) is 0.433. The van der Waals surface area contributed by atoms with E-state index in [2.05, 4.69) is 21.2 Å². The Balaban J connectivity index is 1.75. The van der Waals surface area contributed by atoms with Crippen LogP contribution in [0.2, 0.25) is 0 Å². The van der Waals surface area contributed by atoms with Crippen molar-refractivity contribution in [3.63, 3.8) is 0 Å². The molecule has 0 aliphatic carbocycles. The van der Waals surface area contributed by atoms with Gasteiger partial charge in [-0.2, -0.15) is 0 Å². The largest absolute Gasteiger partial charge is 0.335 e. The van der Waals surface area contributed by atoms with Gasteiger partial charge in [0.1, 0.15) is 5.57 Å². The molecule has 156 valence electrons. The number of hydrogen-bond acceptors (Lipinski definition) is 3. The Kier molecular flexibility index (Phi) is 5.37. The second-order valence-electron chi connectivity index (χ2n) is 7.43. The van der Waals surface area contributed by atoms with Gasteiger partial charge in [0, 0.05) is 21.5 Å². The number of carbonyl (C=O) groups excluding carboxylic acids is 3. The van der Waals surface area contributed by atoms with Crippen molar-refractivity contribution >= 4 is 45.5 Å². The van der Waals surface area contributed by atoms with Crippen molar-refractivity contribution in [1.29, 1.82) is 0 Å². The van der Waals surface area contributed by atoms with Crippen molar-refractivity contribution in [3.8, 4) is 5.69 Å². The predicted molar refractivity (Wildman–Crippen MR) is 123 cm³/mol. The van der Waals surface area contributed by atoms with Crippen LogP contribution in [0.25, 0.3) is 11.8 Å². The Bertz CT molecular complexity index is 1240. The molecule has 0 bridgehead atoms. The zero-order valence-electron chi connectivity index (χ0n) is 17.3. The first-order valence-corrected chi connectivity index (χ1v) is 10.5. The lowest BCUT2D eigenvalue weighted by atomic mass is 10.1. The number of imide groups is 2. The van der Waals surface area contributed by atoms with Gasteiger partial charge in [-0.1, -0.05) is 33.6 Å². The normalized spacial score (nSPS) is 15.5. The van der Waals surface area contributed by atoms with Crippen LogP contribution in [0.1, 0.15) is 22.5 Å². The minimum Gasteiger partial charge on any atom is -0.318 e. The van der Waals surface area contributed by atoms with Gasteiger partial charge in [0.2, 0.25) is 0 Å². The molecule has 1 aliphatic heterocycles. The number of nitrogens with one attached hydrogen (secondary N) is 1. The highest BCUT2D eigenvalue weighted by Crippen LogP contribution is 2.26. The monoisotopic (exact) mass is 477 g/mol. The van der Waals surface area contributed by atoms with E-state index < -0.39 is 17.8 Å². The van der Waals surface area contributed by atoms with Crippen LogP contribution in [-0.4, -0.2) is 22.4 Å². The van der Waals surface area contributed by atoms with Gasteiger partial charge >= 0.3 is 6.03 Å². The Labute approximate surface area is 188 Å². The van der Waals surface area contributed by atoms with Gasteiger partial charge in [-0.25, -0.2) is 9.69 Å². The van der Waals surface area contributed by atoms with E-state index in [1.165, 1.54) is 0 Å². The molecule has 0 radical (unpaired) electrons. The number of benzene rings is 2. The Morgan fingerprint density at radius 1 is 0.871 bits per heavy atom. The lowest BCUT2D eigenvalue weighted by molar-refractivity contribution is -0.122. The van der Waals surface area contributed by atoms with E-state index >= 15 is 0 Å². The molecule has 2 heterocycles. The first-order chi connectivity index (χ1) is 14.8. The molecule has 1 aromatic heterocycles. The number of halogens is 1. The second-order valence-corrected chi connectivity index (χ2v) is 8.35. The molecule has 0 atom stereocenters. The molecule has 1 aliphatic rings. The molecule has 3 aromatic rings. The maximum atomic E-state index is 13.1. The maximum absolute atomic E-state index is 13.1. The van der Waals surface area contributed by atoms with Crippen molar-refractivity contribution in [1.82, 2.24) is 9.88 Å². The number of aromatic nitrogens is 1. The summed E-state index contributed by atoms with van der Waals surface area (Å²) in [5, 5.41) is 2.27. The molecule has 4 amide bonds. The minimum atomic E-state index is -0.753. The Morgan fingerprint density at radius 2 is 1.48 bits per heavy atom. The molecule has 0 spiro atoms. The predicted octanol–water partition coefficient (Wildman–Crippen LogP) is 4.83. The lowest BCUT2D eigenvalue weighted by Crippen LogP contribution is -2.54. The van der Waals surface area contributed by atoms with Gasteiger partial charge in [0.25, 0.3) is 11.8 Å². The van der Waals surface area contributed by atoms with E-state index in [9.17, 15) is 14.4 Å². The second kappa shape index (κ2) is 8.00. The molecule has 0 unspecified atom stereocenters. The van der Waals surface area contributed by atoms with E-state index in [-0.39, 0.29) is 5.57 Å². The molecule has 1 N–H and O–H groups in total. The van der Waals surface area contributed by atoms with Gasteiger partial charge < -0.3 is 4.57 Å². The summed E-state index contributed by atoms with van der Waals surface area (Å²) in [6.45, 7) is 5.80. The molecule has 6 nitrogen and oxygen atoms in total. The molecule has 7 heteroatoms. The summed E-state index contributed by atoms with van der Waals surface area (Å²) in [5.41, 5.74) is 4.87. The summed E-state index contributed by atoms with van der Waals surface area (Å²) in [5.74, 6) is -1.35. The van der Waals surface area contributed by atoms with E-state index in [4.69, 9.17) is 0 Å². The molecule has 1 fully saturated rings. The van der Waals surface area contributed by atoms with E-state index in [1.54, 1.807) is 18.2 Å². The standard InChI is InChI=1S/C24H20BrN3O3/c1-14-4-8-20(9-5-14)28-23(30)21(22(29)26-24(28)31)13-17-12-15(2)27(16(17)3)19-10-6-18(25)7-11-19/h4-13H,1-3H3,(H,26,29,31). The first kappa shape index (κ1) is 20.8. The van der Waals surface area contributed by atoms with Crippen LogP contribution in [0.4, 0.5) is 10.5 Å². The van der Waals surface area contributed by atoms with E-state index in [0.717, 1.165) is 37.6 Å². The lowest BCUT2D eigenvalue weighted by Gasteiger charge is -2.26. The molecule has 31 heavy (non-hydrogen) atoms. The van der Waals surface area contributed by atoms with E-state index in [0.29, 0.717) is 5.69 Å². The van der Waals surface area contributed by atoms with E-state index in [1.807, 2.05) is 67.8 Å². The van der Waals surface area contributed by atoms with Gasteiger partial charge in [-0.3, -0.25) is 14.9 Å². The van der Waals surface area contributed by atoms with Crippen molar-refractivity contribution in [2.24, 2.45) is 0 Å². The van der Waals surface area contributed by atoms with Crippen LogP contribution in [0.5, 0.6) is 0 Å². The number of carbonyl (C=O) groups is 3. The fourth-order valence-electron chi connectivity index (χ4n) is 3.66. The van der Waals surface area contributed by atoms with Gasteiger partial charge in [0.15, 0.2) is 0 Å². The number of rotatable bonds is 3. The maximum Gasteiger partial charge on any atom is 0.335 e. The van der Waals surface area contributed by atoms with Crippen LogP contribution < -0.4 is 10.2 Å². The third-order valence-electron chi connectivity index (χ3n) is 5.25. The number of amides is 4. The zero-order valence-corrected chi connectivity index (χ0v) is 18.9. The smallest absolute Gasteiger partial charge is 0.318 e. The van der Waals surface area contributed by atoms with Crippen LogP contribution in [0, 0.1) is 20.8 Å². The van der Waals surface area contributed by atoms with Gasteiger partial charge in [-0.15, -0.1) is 0 Å². The summed E-state index contributed by atoms with van der Waals surface area (Å²) in [6, 6.07) is 16.0. The molecule has 4 rings (SSSR count). The highest BCUT2D eigenvalue weighted by atomic mass is 79.9. The highest BCUT2D eigenvalue weighted by Gasteiger charge is 2.37. The Morgan fingerprint density at radius 3 is 2.13 bits per heavy atom. The average molecular weight is 478 g/mol. The van der Waals surface area contributed by atoms with Crippen LogP contribution in [0.3, 0.4) is 0 Å². The summed E-state index contributed by atoms with van der Waals surface area (Å²) >= 11 is 3.44. The fraction of sp³-hybridized carbons (Fsp3) is 0.125. The molecule has 2 aromatic carbocycles. The van der Waals surface area contributed by atoms with Crippen molar-refractivity contribution in [2.75, 3.05) is 4.90 Å². The summed E-state index contributed by atoms with van der Waals surface area (Å²) in [6.07, 6.45) is 1.54. The highest BCUT2D eigenvalue weighted by molar-refractivity contribution is 9.10. The van der Waals surface area contributed by atoms with Crippen LogP contribution in [0.15, 0.2) is 64.6 Å². The van der Waals surface area contributed by atoms with Crippen molar-refractivity contribution < 1.29 is 14.4 Å². The number of hydrogen-bond donors (Lipinski definition) is 1. The SMILES string of the molecule is Cc1ccc(N2C(=O)NC(=O)C(=Cc3cc(C)n(-c4ccc(Br)cc4)c3C)C2=O)cc1. The minimum absolute atomic E-state index is 0.0868. The third kappa shape index (κ3) is 3.84. The van der Waals surface area contributed by atoms with Crippen LogP contribution in [-0.2, 0) is 9.59 Å². The number of urea groups is 1. The van der Waals surface area contributed by atoms with Crippen LogP contribution >= 0.6 is 15.9 Å². The van der Waals surface area contributed by atoms with Gasteiger partial charge in [0.05, 0.1) is 5.69 Å². The molecular weight excluding hydrogens is 458 g/mol. The first-order valence-electron chi connectivity index (χ1n) is 9.69. The molecule has 0 saturated carbocycles. The number of anilines is 1. The zero-order chi connectivity index (χ0) is 22.3. The molecule has 1 saturated heterocycles. The Hall–Kier alpha value is -3.45. The fourth-order valence-corrected chi connectivity index (χ4v) is 3.93. The van der Waals surface area contributed by atoms with Crippen molar-refractivity contribution in [2.45, 2.75) is 20.8 Å². The third-order valence-corrected chi connectivity index (χ3v) is 5.78. The summed E-state index contributed by atoms with van der Waals surface area (Å²) in [4.78, 5) is 39.0.